The number of carbonyl (C=O) groups excluding carboxylic acids is 1. The van der Waals surface area contributed by atoms with Crippen LogP contribution in [0.3, 0.4) is 0 Å². The van der Waals surface area contributed by atoms with Gasteiger partial charge in [0.25, 0.3) is 0 Å². The summed E-state index contributed by atoms with van der Waals surface area (Å²) >= 11 is 6.03. The summed E-state index contributed by atoms with van der Waals surface area (Å²) < 4.78 is 1.85. The van der Waals surface area contributed by atoms with Crippen molar-refractivity contribution in [1.82, 2.24) is 9.78 Å². The van der Waals surface area contributed by atoms with E-state index in [2.05, 4.69) is 5.10 Å². The number of aryl methyl sites for hydroxylation is 1. The van der Waals surface area contributed by atoms with Crippen LogP contribution in [0.2, 0.25) is 5.02 Å². The third-order valence-electron chi connectivity index (χ3n) is 2.62. The standard InChI is InChI=1S/C12H19ClN2O/c1-5-15-10(9(13)8-14-15)6-7-11(16)12(2,3)4/h8H,5-7H2,1-4H3. The molecular weight excluding hydrogens is 224 g/mol. The van der Waals surface area contributed by atoms with E-state index in [4.69, 9.17) is 11.6 Å². The molecule has 0 spiro atoms. The second-order valence-corrected chi connectivity index (χ2v) is 5.34. The zero-order valence-electron chi connectivity index (χ0n) is 10.4. The average molecular weight is 243 g/mol. The first-order chi connectivity index (χ1) is 7.36. The number of aromatic nitrogens is 2. The zero-order chi connectivity index (χ0) is 12.3. The molecule has 0 aliphatic rings. The number of Topliss-reactive ketones (excluding diaryl/α,β-unsaturated/α-hetero) is 1. The number of hydrogen-bond donors (Lipinski definition) is 0. The monoisotopic (exact) mass is 242 g/mol. The molecule has 1 aromatic rings. The van der Waals surface area contributed by atoms with Crippen molar-refractivity contribution in [2.45, 2.75) is 47.1 Å². The van der Waals surface area contributed by atoms with Crippen LogP contribution >= 0.6 is 11.6 Å². The first kappa shape index (κ1) is 13.2. The summed E-state index contributed by atoms with van der Waals surface area (Å²) in [5.41, 5.74) is 0.686. The van der Waals surface area contributed by atoms with E-state index in [0.29, 0.717) is 17.9 Å². The Hall–Kier alpha value is -0.830. The van der Waals surface area contributed by atoms with Crippen molar-refractivity contribution in [2.24, 2.45) is 5.41 Å². The summed E-state index contributed by atoms with van der Waals surface area (Å²) in [6.45, 7) is 8.61. The highest BCUT2D eigenvalue weighted by atomic mass is 35.5. The number of rotatable bonds is 4. The fraction of sp³-hybridized carbons (Fsp3) is 0.667. The Balaban J connectivity index is 2.68. The van der Waals surface area contributed by atoms with E-state index in [1.54, 1.807) is 6.20 Å². The summed E-state index contributed by atoms with van der Waals surface area (Å²) in [6.07, 6.45) is 2.83. The van der Waals surface area contributed by atoms with Crippen LogP contribution in [0.25, 0.3) is 0 Å². The lowest BCUT2D eigenvalue weighted by Crippen LogP contribution is -2.21. The normalized spacial score (nSPS) is 11.8. The van der Waals surface area contributed by atoms with Gasteiger partial charge in [-0.1, -0.05) is 32.4 Å². The van der Waals surface area contributed by atoms with E-state index >= 15 is 0 Å². The first-order valence-corrected chi connectivity index (χ1v) is 5.97. The van der Waals surface area contributed by atoms with Crippen molar-refractivity contribution < 1.29 is 4.79 Å². The molecule has 0 radical (unpaired) electrons. The lowest BCUT2D eigenvalue weighted by molar-refractivity contribution is -0.126. The predicted octanol–water partition coefficient (Wildman–Crippen LogP) is 3.10. The number of nitrogens with zero attached hydrogens (tertiary/aromatic N) is 2. The number of hydrogen-bond acceptors (Lipinski definition) is 2. The minimum Gasteiger partial charge on any atom is -0.299 e. The van der Waals surface area contributed by atoms with Gasteiger partial charge in [0, 0.05) is 18.4 Å². The number of ketones is 1. The molecule has 0 bridgehead atoms. The van der Waals surface area contributed by atoms with Crippen molar-refractivity contribution in [3.05, 3.63) is 16.9 Å². The lowest BCUT2D eigenvalue weighted by Gasteiger charge is -2.16. The minimum absolute atomic E-state index is 0.257. The van der Waals surface area contributed by atoms with Crippen molar-refractivity contribution in [3.8, 4) is 0 Å². The van der Waals surface area contributed by atoms with Crippen molar-refractivity contribution in [1.29, 1.82) is 0 Å². The van der Waals surface area contributed by atoms with Gasteiger partial charge in [-0.05, 0) is 13.3 Å². The molecule has 3 nitrogen and oxygen atoms in total. The average Bonchev–Trinajstić information content (AvgIpc) is 2.54. The van der Waals surface area contributed by atoms with Gasteiger partial charge < -0.3 is 0 Å². The summed E-state index contributed by atoms with van der Waals surface area (Å²) in [4.78, 5) is 11.8. The quantitative estimate of drug-likeness (QED) is 0.813. The van der Waals surface area contributed by atoms with Crippen LogP contribution in [0.4, 0.5) is 0 Å². The van der Waals surface area contributed by atoms with Crippen LogP contribution < -0.4 is 0 Å². The second-order valence-electron chi connectivity index (χ2n) is 4.93. The van der Waals surface area contributed by atoms with E-state index in [1.807, 2.05) is 32.4 Å². The first-order valence-electron chi connectivity index (χ1n) is 5.59. The Kier molecular flexibility index (Phi) is 4.14. The summed E-state index contributed by atoms with van der Waals surface area (Å²) in [6, 6.07) is 0. The van der Waals surface area contributed by atoms with Crippen molar-refractivity contribution >= 4 is 17.4 Å². The lowest BCUT2D eigenvalue weighted by atomic mass is 9.88. The van der Waals surface area contributed by atoms with Gasteiger partial charge in [-0.15, -0.1) is 0 Å². The molecule has 1 heterocycles. The number of halogens is 1. The number of carbonyl (C=O) groups is 1. The maximum Gasteiger partial charge on any atom is 0.138 e. The Morgan fingerprint density at radius 1 is 1.50 bits per heavy atom. The molecule has 1 aromatic heterocycles. The highest BCUT2D eigenvalue weighted by molar-refractivity contribution is 6.31. The summed E-state index contributed by atoms with van der Waals surface area (Å²) in [7, 11) is 0. The van der Waals surface area contributed by atoms with E-state index < -0.39 is 0 Å². The van der Waals surface area contributed by atoms with E-state index in [1.165, 1.54) is 0 Å². The summed E-state index contributed by atoms with van der Waals surface area (Å²) in [5.74, 6) is 0.257. The van der Waals surface area contributed by atoms with Gasteiger partial charge in [0.1, 0.15) is 5.78 Å². The van der Waals surface area contributed by atoms with Crippen LogP contribution in [0.1, 0.15) is 39.8 Å². The third-order valence-corrected chi connectivity index (χ3v) is 2.94. The summed E-state index contributed by atoms with van der Waals surface area (Å²) in [5, 5.41) is 4.80. The molecule has 0 aromatic carbocycles. The molecule has 0 amide bonds. The molecule has 0 aliphatic heterocycles. The van der Waals surface area contributed by atoms with Gasteiger partial charge in [0.2, 0.25) is 0 Å². The largest absolute Gasteiger partial charge is 0.299 e. The highest BCUT2D eigenvalue weighted by Crippen LogP contribution is 2.21. The fourth-order valence-electron chi connectivity index (χ4n) is 1.52. The molecule has 0 saturated heterocycles. The van der Waals surface area contributed by atoms with E-state index in [-0.39, 0.29) is 11.2 Å². The molecular formula is C12H19ClN2O. The highest BCUT2D eigenvalue weighted by Gasteiger charge is 2.21. The topological polar surface area (TPSA) is 34.9 Å². The van der Waals surface area contributed by atoms with Crippen molar-refractivity contribution in [3.63, 3.8) is 0 Å². The van der Waals surface area contributed by atoms with Crippen LogP contribution in [0.5, 0.6) is 0 Å². The smallest absolute Gasteiger partial charge is 0.138 e. The maximum absolute atomic E-state index is 11.8. The molecule has 1 rings (SSSR count). The van der Waals surface area contributed by atoms with Gasteiger partial charge in [0.05, 0.1) is 16.9 Å². The predicted molar refractivity (Wildman–Crippen MR) is 65.7 cm³/mol. The van der Waals surface area contributed by atoms with Gasteiger partial charge in [-0.2, -0.15) is 5.10 Å². The molecule has 90 valence electrons. The molecule has 0 saturated carbocycles. The van der Waals surface area contributed by atoms with Gasteiger partial charge in [-0.3, -0.25) is 9.48 Å². The van der Waals surface area contributed by atoms with E-state index in [0.717, 1.165) is 12.2 Å². The second kappa shape index (κ2) is 5.00. The minimum atomic E-state index is -0.274. The molecule has 0 unspecified atom stereocenters. The Morgan fingerprint density at radius 2 is 2.12 bits per heavy atom. The van der Waals surface area contributed by atoms with Crippen LogP contribution in [-0.2, 0) is 17.8 Å². The molecule has 4 heteroatoms. The zero-order valence-corrected chi connectivity index (χ0v) is 11.1. The fourth-order valence-corrected chi connectivity index (χ4v) is 1.75. The van der Waals surface area contributed by atoms with Crippen LogP contribution in [0.15, 0.2) is 6.20 Å². The molecule has 0 aliphatic carbocycles. The van der Waals surface area contributed by atoms with Gasteiger partial charge in [-0.25, -0.2) is 0 Å². The SMILES string of the molecule is CCn1ncc(Cl)c1CCC(=O)C(C)(C)C. The van der Waals surface area contributed by atoms with Gasteiger partial charge in [0.15, 0.2) is 0 Å². The Labute approximate surface area is 102 Å². The molecule has 0 fully saturated rings. The van der Waals surface area contributed by atoms with Gasteiger partial charge >= 0.3 is 0 Å². The third kappa shape index (κ3) is 3.08. The Bertz CT molecular complexity index is 377. The maximum atomic E-state index is 11.8. The molecule has 0 N–H and O–H groups in total. The van der Waals surface area contributed by atoms with Crippen LogP contribution in [0, 0.1) is 5.41 Å². The molecule has 0 atom stereocenters. The van der Waals surface area contributed by atoms with E-state index in [9.17, 15) is 4.79 Å². The van der Waals surface area contributed by atoms with Crippen molar-refractivity contribution in [2.75, 3.05) is 0 Å². The van der Waals surface area contributed by atoms with Crippen LogP contribution in [-0.4, -0.2) is 15.6 Å². The molecule has 16 heavy (non-hydrogen) atoms. The Morgan fingerprint density at radius 3 is 2.62 bits per heavy atom.